The van der Waals surface area contributed by atoms with Gasteiger partial charge in [0.1, 0.15) is 6.61 Å². The smallest absolute Gasteiger partial charge is 0.113 e. The van der Waals surface area contributed by atoms with E-state index >= 15 is 0 Å². The second-order valence-electron chi connectivity index (χ2n) is 3.86. The molecule has 82 valence electrons. The number of hydrogen-bond acceptors (Lipinski definition) is 1. The molecule has 0 unspecified atom stereocenters. The Morgan fingerprint density at radius 1 is 1.19 bits per heavy atom. The van der Waals surface area contributed by atoms with E-state index in [0.29, 0.717) is 6.61 Å². The van der Waals surface area contributed by atoms with Gasteiger partial charge in [-0.1, -0.05) is 61.2 Å². The topological polar surface area (TPSA) is 9.23 Å². The zero-order chi connectivity index (χ0) is 11.2. The molecule has 0 fully saturated rings. The van der Waals surface area contributed by atoms with Crippen molar-refractivity contribution in [3.8, 4) is 0 Å². The van der Waals surface area contributed by atoms with Gasteiger partial charge in [0, 0.05) is 0 Å². The first-order valence-corrected chi connectivity index (χ1v) is 5.55. The van der Waals surface area contributed by atoms with Crippen LogP contribution in [0, 0.1) is 5.92 Å². The lowest BCUT2D eigenvalue weighted by molar-refractivity contribution is 0.184. The predicted octanol–water partition coefficient (Wildman–Crippen LogP) is 3.85. The standard InChI is InChI=1S/C15H16O/c1-13(15-10-6-3-7-11-15)16-12-14-8-4-2-5-9-14/h2,4-11,15H,1,3,12H2. The van der Waals surface area contributed by atoms with E-state index < -0.39 is 0 Å². The molecule has 0 N–H and O–H groups in total. The maximum Gasteiger partial charge on any atom is 0.113 e. The van der Waals surface area contributed by atoms with Gasteiger partial charge in [0.15, 0.2) is 0 Å². The van der Waals surface area contributed by atoms with Gasteiger partial charge in [-0.15, -0.1) is 0 Å². The van der Waals surface area contributed by atoms with Crippen LogP contribution in [0.3, 0.4) is 0 Å². The molecule has 1 aliphatic carbocycles. The normalized spacial score (nSPS) is 15.0. The summed E-state index contributed by atoms with van der Waals surface area (Å²) >= 11 is 0. The summed E-state index contributed by atoms with van der Waals surface area (Å²) < 4.78 is 5.67. The van der Waals surface area contributed by atoms with Gasteiger partial charge in [0.05, 0.1) is 11.7 Å². The number of allylic oxidation sites excluding steroid dienone is 3. The number of ether oxygens (including phenoxy) is 1. The summed E-state index contributed by atoms with van der Waals surface area (Å²) in [5, 5.41) is 0. The highest BCUT2D eigenvalue weighted by Crippen LogP contribution is 2.19. The number of benzene rings is 1. The zero-order valence-electron chi connectivity index (χ0n) is 9.30. The maximum absolute atomic E-state index is 5.67. The first-order valence-electron chi connectivity index (χ1n) is 5.55. The molecule has 0 spiro atoms. The van der Waals surface area contributed by atoms with Crippen molar-refractivity contribution in [2.45, 2.75) is 13.0 Å². The van der Waals surface area contributed by atoms with E-state index in [1.165, 1.54) is 5.56 Å². The fourth-order valence-electron chi connectivity index (χ4n) is 1.65. The van der Waals surface area contributed by atoms with Gasteiger partial charge in [0.2, 0.25) is 0 Å². The summed E-state index contributed by atoms with van der Waals surface area (Å²) in [5.74, 6) is 1.05. The summed E-state index contributed by atoms with van der Waals surface area (Å²) in [5.41, 5.74) is 1.17. The summed E-state index contributed by atoms with van der Waals surface area (Å²) in [4.78, 5) is 0. The van der Waals surface area contributed by atoms with Crippen LogP contribution in [-0.2, 0) is 11.3 Å². The van der Waals surface area contributed by atoms with Crippen molar-refractivity contribution >= 4 is 0 Å². The van der Waals surface area contributed by atoms with Crippen LogP contribution in [0.15, 0.2) is 67.0 Å². The quantitative estimate of drug-likeness (QED) is 0.544. The molecular weight excluding hydrogens is 196 g/mol. The van der Waals surface area contributed by atoms with E-state index in [-0.39, 0.29) is 5.92 Å². The summed E-state index contributed by atoms with van der Waals surface area (Å²) in [6, 6.07) is 10.1. The monoisotopic (exact) mass is 212 g/mol. The van der Waals surface area contributed by atoms with Gasteiger partial charge in [-0.2, -0.15) is 0 Å². The fraction of sp³-hybridized carbons (Fsp3) is 0.200. The Balaban J connectivity index is 1.86. The molecule has 0 aromatic heterocycles. The third-order valence-electron chi connectivity index (χ3n) is 2.60. The molecule has 0 amide bonds. The first kappa shape index (κ1) is 10.7. The third-order valence-corrected chi connectivity index (χ3v) is 2.60. The van der Waals surface area contributed by atoms with Crippen molar-refractivity contribution in [3.63, 3.8) is 0 Å². The largest absolute Gasteiger partial charge is 0.493 e. The van der Waals surface area contributed by atoms with Gasteiger partial charge in [-0.25, -0.2) is 0 Å². The van der Waals surface area contributed by atoms with Crippen LogP contribution in [0.2, 0.25) is 0 Å². The van der Waals surface area contributed by atoms with Crippen molar-refractivity contribution in [1.82, 2.24) is 0 Å². The summed E-state index contributed by atoms with van der Waals surface area (Å²) in [6.45, 7) is 4.56. The van der Waals surface area contributed by atoms with Crippen LogP contribution >= 0.6 is 0 Å². The minimum Gasteiger partial charge on any atom is -0.493 e. The van der Waals surface area contributed by atoms with Gasteiger partial charge >= 0.3 is 0 Å². The highest BCUT2D eigenvalue weighted by atomic mass is 16.5. The Morgan fingerprint density at radius 2 is 1.88 bits per heavy atom. The Morgan fingerprint density at radius 3 is 2.56 bits per heavy atom. The second kappa shape index (κ2) is 5.36. The summed E-state index contributed by atoms with van der Waals surface area (Å²) in [7, 11) is 0. The molecule has 0 saturated carbocycles. The number of rotatable bonds is 4. The molecule has 1 aromatic rings. The lowest BCUT2D eigenvalue weighted by Crippen LogP contribution is -2.03. The van der Waals surface area contributed by atoms with Crippen LogP contribution in [0.25, 0.3) is 0 Å². The minimum atomic E-state index is 0.234. The van der Waals surface area contributed by atoms with Crippen LogP contribution in [0.5, 0.6) is 0 Å². The fourth-order valence-corrected chi connectivity index (χ4v) is 1.65. The average Bonchev–Trinajstić information content (AvgIpc) is 2.38. The van der Waals surface area contributed by atoms with E-state index in [0.717, 1.165) is 12.2 Å². The highest BCUT2D eigenvalue weighted by Gasteiger charge is 2.08. The van der Waals surface area contributed by atoms with Crippen molar-refractivity contribution < 1.29 is 4.74 Å². The van der Waals surface area contributed by atoms with Crippen LogP contribution < -0.4 is 0 Å². The van der Waals surface area contributed by atoms with Crippen LogP contribution in [-0.4, -0.2) is 0 Å². The molecule has 1 heteroatoms. The van der Waals surface area contributed by atoms with E-state index in [9.17, 15) is 0 Å². The zero-order valence-corrected chi connectivity index (χ0v) is 9.30. The van der Waals surface area contributed by atoms with Crippen LogP contribution in [0.1, 0.15) is 12.0 Å². The van der Waals surface area contributed by atoms with Gasteiger partial charge < -0.3 is 4.74 Å². The first-order chi connectivity index (χ1) is 7.86. The van der Waals surface area contributed by atoms with Gasteiger partial charge in [0.25, 0.3) is 0 Å². The molecule has 2 rings (SSSR count). The molecule has 0 atom stereocenters. The molecule has 0 aliphatic heterocycles. The van der Waals surface area contributed by atoms with Gasteiger partial charge in [-0.3, -0.25) is 0 Å². The van der Waals surface area contributed by atoms with Crippen LogP contribution in [0.4, 0.5) is 0 Å². The SMILES string of the molecule is C=C(OCc1ccccc1)C1C=CCC=C1. The Labute approximate surface area is 96.8 Å². The van der Waals surface area contributed by atoms with E-state index in [1.807, 2.05) is 18.2 Å². The minimum absolute atomic E-state index is 0.234. The molecule has 0 bridgehead atoms. The van der Waals surface area contributed by atoms with E-state index in [4.69, 9.17) is 4.74 Å². The van der Waals surface area contributed by atoms with E-state index in [1.54, 1.807) is 0 Å². The molecule has 1 nitrogen and oxygen atoms in total. The van der Waals surface area contributed by atoms with Crippen molar-refractivity contribution in [2.24, 2.45) is 5.92 Å². The molecule has 1 aliphatic rings. The third kappa shape index (κ3) is 2.86. The van der Waals surface area contributed by atoms with E-state index in [2.05, 4.69) is 43.0 Å². The molecule has 0 heterocycles. The van der Waals surface area contributed by atoms with Crippen molar-refractivity contribution in [1.29, 1.82) is 0 Å². The van der Waals surface area contributed by atoms with Gasteiger partial charge in [-0.05, 0) is 12.0 Å². The molecule has 0 radical (unpaired) electrons. The molecule has 16 heavy (non-hydrogen) atoms. The highest BCUT2D eigenvalue weighted by molar-refractivity contribution is 5.19. The lowest BCUT2D eigenvalue weighted by Gasteiger charge is -2.15. The Hall–Kier alpha value is -1.76. The molecular formula is C15H16O. The molecule has 0 saturated heterocycles. The lowest BCUT2D eigenvalue weighted by atomic mass is 10.0. The summed E-state index contributed by atoms with van der Waals surface area (Å²) in [6.07, 6.45) is 9.56. The predicted molar refractivity (Wildman–Crippen MR) is 66.8 cm³/mol. The molecule has 1 aromatic carbocycles. The Kier molecular flexibility index (Phi) is 3.60. The average molecular weight is 212 g/mol. The second-order valence-corrected chi connectivity index (χ2v) is 3.86. The Bertz CT molecular complexity index is 389. The number of hydrogen-bond donors (Lipinski definition) is 0. The van der Waals surface area contributed by atoms with Crippen molar-refractivity contribution in [3.05, 3.63) is 72.5 Å². The maximum atomic E-state index is 5.67. The van der Waals surface area contributed by atoms with Crippen molar-refractivity contribution in [2.75, 3.05) is 0 Å².